The molecule has 0 radical (unpaired) electrons. The molecule has 0 spiro atoms. The first-order valence-corrected chi connectivity index (χ1v) is 7.56. The average Bonchev–Trinajstić information content (AvgIpc) is 3.17. The van der Waals surface area contributed by atoms with Crippen LogP contribution in [0.15, 0.2) is 48.8 Å². The molecule has 21 heavy (non-hydrogen) atoms. The Kier molecular flexibility index (Phi) is 3.24. The normalized spacial score (nSPS) is 20.9. The Morgan fingerprint density at radius 2 is 2.14 bits per heavy atom. The molecule has 4 nitrogen and oxygen atoms in total. The van der Waals surface area contributed by atoms with Crippen LogP contribution in [0.3, 0.4) is 0 Å². The lowest BCUT2D eigenvalue weighted by Gasteiger charge is -2.33. The van der Waals surface area contributed by atoms with E-state index in [0.29, 0.717) is 6.10 Å². The second-order valence-electron chi connectivity index (χ2n) is 5.61. The van der Waals surface area contributed by atoms with E-state index in [1.807, 2.05) is 18.5 Å². The summed E-state index contributed by atoms with van der Waals surface area (Å²) in [5.74, 6) is 0. The minimum atomic E-state index is 0.329. The van der Waals surface area contributed by atoms with Gasteiger partial charge in [0.25, 0.3) is 0 Å². The molecule has 1 fully saturated rings. The maximum absolute atomic E-state index is 5.83. The molecular weight excluding hydrogens is 262 g/mol. The maximum Gasteiger partial charge on any atom is 0.0771 e. The molecule has 0 aliphatic carbocycles. The molecule has 2 aliphatic rings. The summed E-state index contributed by atoms with van der Waals surface area (Å²) in [6.07, 6.45) is 6.40. The highest BCUT2D eigenvalue weighted by Gasteiger charge is 2.30. The summed E-state index contributed by atoms with van der Waals surface area (Å²) in [5, 5.41) is 4.65. The van der Waals surface area contributed by atoms with Crippen molar-refractivity contribution in [3.05, 3.63) is 54.4 Å². The molecule has 0 bridgehead atoms. The number of aromatic nitrogens is 1. The number of para-hydroxylation sites is 1. The summed E-state index contributed by atoms with van der Waals surface area (Å²) in [5.41, 5.74) is 3.78. The van der Waals surface area contributed by atoms with E-state index in [9.17, 15) is 0 Å². The number of benzene rings is 1. The molecule has 1 unspecified atom stereocenters. The van der Waals surface area contributed by atoms with Gasteiger partial charge in [0.2, 0.25) is 0 Å². The van der Waals surface area contributed by atoms with Gasteiger partial charge in [-0.2, -0.15) is 0 Å². The predicted molar refractivity (Wildman–Crippen MR) is 83.2 cm³/mol. The van der Waals surface area contributed by atoms with Gasteiger partial charge in [-0.25, -0.2) is 0 Å². The van der Waals surface area contributed by atoms with Gasteiger partial charge in [-0.15, -0.1) is 0 Å². The van der Waals surface area contributed by atoms with Crippen molar-refractivity contribution in [3.63, 3.8) is 0 Å². The van der Waals surface area contributed by atoms with E-state index < -0.39 is 0 Å². The van der Waals surface area contributed by atoms with E-state index in [0.717, 1.165) is 31.8 Å². The SMILES string of the molecule is c1cncc(N2Cc3ccccc3N2CC2CCCO2)c1. The zero-order valence-electron chi connectivity index (χ0n) is 12.0. The summed E-state index contributed by atoms with van der Waals surface area (Å²) in [7, 11) is 0. The number of anilines is 2. The van der Waals surface area contributed by atoms with Gasteiger partial charge < -0.3 is 4.74 Å². The van der Waals surface area contributed by atoms with E-state index >= 15 is 0 Å². The second-order valence-corrected chi connectivity index (χ2v) is 5.61. The Balaban J connectivity index is 1.66. The average molecular weight is 281 g/mol. The van der Waals surface area contributed by atoms with Crippen LogP contribution in [-0.4, -0.2) is 24.2 Å². The number of hydrogen-bond acceptors (Lipinski definition) is 4. The Morgan fingerprint density at radius 3 is 2.95 bits per heavy atom. The first kappa shape index (κ1) is 12.7. The van der Waals surface area contributed by atoms with Crippen LogP contribution in [0.2, 0.25) is 0 Å². The molecule has 0 N–H and O–H groups in total. The minimum absolute atomic E-state index is 0.329. The van der Waals surface area contributed by atoms with Crippen LogP contribution in [0.4, 0.5) is 11.4 Å². The van der Waals surface area contributed by atoms with Gasteiger partial charge >= 0.3 is 0 Å². The quantitative estimate of drug-likeness (QED) is 0.864. The third-order valence-electron chi connectivity index (χ3n) is 4.23. The van der Waals surface area contributed by atoms with E-state index in [1.165, 1.54) is 17.7 Å². The van der Waals surface area contributed by atoms with Crippen molar-refractivity contribution in [1.82, 2.24) is 4.98 Å². The van der Waals surface area contributed by atoms with Crippen molar-refractivity contribution < 1.29 is 4.74 Å². The molecule has 1 aromatic carbocycles. The first-order chi connectivity index (χ1) is 10.4. The third kappa shape index (κ3) is 2.36. The van der Waals surface area contributed by atoms with Gasteiger partial charge in [0.05, 0.1) is 36.8 Å². The van der Waals surface area contributed by atoms with E-state index in [-0.39, 0.29) is 0 Å². The molecule has 1 saturated heterocycles. The lowest BCUT2D eigenvalue weighted by Crippen LogP contribution is -2.42. The van der Waals surface area contributed by atoms with Crippen LogP contribution < -0.4 is 10.0 Å². The van der Waals surface area contributed by atoms with Crippen LogP contribution in [0.25, 0.3) is 0 Å². The number of nitrogens with zero attached hydrogens (tertiary/aromatic N) is 3. The molecule has 0 saturated carbocycles. The van der Waals surface area contributed by atoms with Crippen molar-refractivity contribution in [3.8, 4) is 0 Å². The lowest BCUT2D eigenvalue weighted by atomic mass is 10.2. The fraction of sp³-hybridized carbons (Fsp3) is 0.353. The van der Waals surface area contributed by atoms with Crippen LogP contribution >= 0.6 is 0 Å². The van der Waals surface area contributed by atoms with Gasteiger partial charge in [-0.1, -0.05) is 18.2 Å². The fourth-order valence-electron chi connectivity index (χ4n) is 3.19. The molecule has 1 aromatic heterocycles. The van der Waals surface area contributed by atoms with Gasteiger partial charge in [0, 0.05) is 12.8 Å². The summed E-state index contributed by atoms with van der Waals surface area (Å²) < 4.78 is 5.83. The highest BCUT2D eigenvalue weighted by Crippen LogP contribution is 2.35. The highest BCUT2D eigenvalue weighted by molar-refractivity contribution is 5.66. The summed E-state index contributed by atoms with van der Waals surface area (Å²) in [6, 6.07) is 12.7. The minimum Gasteiger partial charge on any atom is -0.376 e. The predicted octanol–water partition coefficient (Wildman–Crippen LogP) is 3.00. The second kappa shape index (κ2) is 5.37. The largest absolute Gasteiger partial charge is 0.376 e. The topological polar surface area (TPSA) is 28.6 Å². The van der Waals surface area contributed by atoms with Crippen LogP contribution in [0.5, 0.6) is 0 Å². The van der Waals surface area contributed by atoms with Crippen molar-refractivity contribution >= 4 is 11.4 Å². The number of ether oxygens (including phenoxy) is 1. The Hall–Kier alpha value is -2.07. The van der Waals surface area contributed by atoms with Crippen molar-refractivity contribution in [2.24, 2.45) is 0 Å². The number of fused-ring (bicyclic) bond motifs is 1. The summed E-state index contributed by atoms with van der Waals surface area (Å²) in [4.78, 5) is 4.26. The number of rotatable bonds is 3. The number of pyridine rings is 1. The van der Waals surface area contributed by atoms with E-state index in [2.05, 4.69) is 45.3 Å². The molecule has 3 heterocycles. The van der Waals surface area contributed by atoms with Crippen LogP contribution in [-0.2, 0) is 11.3 Å². The number of hydrazine groups is 1. The van der Waals surface area contributed by atoms with Gasteiger partial charge in [0.15, 0.2) is 0 Å². The molecule has 0 amide bonds. The lowest BCUT2D eigenvalue weighted by molar-refractivity contribution is 0.115. The van der Waals surface area contributed by atoms with E-state index in [4.69, 9.17) is 4.74 Å². The molecule has 2 aromatic rings. The van der Waals surface area contributed by atoms with Crippen LogP contribution in [0.1, 0.15) is 18.4 Å². The van der Waals surface area contributed by atoms with E-state index in [1.54, 1.807) is 0 Å². The molecule has 1 atom stereocenters. The van der Waals surface area contributed by atoms with Crippen molar-refractivity contribution in [1.29, 1.82) is 0 Å². The smallest absolute Gasteiger partial charge is 0.0771 e. The maximum atomic E-state index is 5.83. The molecular formula is C17H19N3O. The molecule has 4 rings (SSSR count). The molecule has 4 heteroatoms. The Morgan fingerprint density at radius 1 is 1.19 bits per heavy atom. The van der Waals surface area contributed by atoms with Crippen molar-refractivity contribution in [2.45, 2.75) is 25.5 Å². The first-order valence-electron chi connectivity index (χ1n) is 7.56. The summed E-state index contributed by atoms with van der Waals surface area (Å²) >= 11 is 0. The van der Waals surface area contributed by atoms with Gasteiger partial charge in [-0.3, -0.25) is 15.0 Å². The highest BCUT2D eigenvalue weighted by atomic mass is 16.5. The summed E-state index contributed by atoms with van der Waals surface area (Å²) in [6.45, 7) is 2.70. The third-order valence-corrected chi connectivity index (χ3v) is 4.23. The number of hydrogen-bond donors (Lipinski definition) is 0. The monoisotopic (exact) mass is 281 g/mol. The Labute approximate surface area is 124 Å². The van der Waals surface area contributed by atoms with Crippen LogP contribution in [0, 0.1) is 0 Å². The Bertz CT molecular complexity index is 610. The van der Waals surface area contributed by atoms with Gasteiger partial charge in [-0.05, 0) is 36.6 Å². The zero-order chi connectivity index (χ0) is 14.1. The van der Waals surface area contributed by atoms with Crippen molar-refractivity contribution in [2.75, 3.05) is 23.2 Å². The molecule has 2 aliphatic heterocycles. The van der Waals surface area contributed by atoms with Gasteiger partial charge in [0.1, 0.15) is 0 Å². The standard InChI is InChI=1S/C17H19N3O/c1-2-8-17-14(5-1)12-19(15-6-3-9-18-11-15)20(17)13-16-7-4-10-21-16/h1-3,5-6,8-9,11,16H,4,7,10,12-13H2. The zero-order valence-corrected chi connectivity index (χ0v) is 12.0. The molecule has 108 valence electrons. The fourth-order valence-corrected chi connectivity index (χ4v) is 3.19.